The molecule has 5 saturated heterocycles. The number of hydrogen-bond donors (Lipinski definition) is 1. The molecule has 2 aromatic carbocycles. The highest BCUT2D eigenvalue weighted by molar-refractivity contribution is 6.75. The van der Waals surface area contributed by atoms with Gasteiger partial charge in [-0.1, -0.05) is 151 Å². The highest BCUT2D eigenvalue weighted by Crippen LogP contribution is 2.48. The zero-order chi connectivity index (χ0) is 66.9. The van der Waals surface area contributed by atoms with Gasteiger partial charge in [-0.05, 0) is 172 Å². The van der Waals surface area contributed by atoms with Crippen molar-refractivity contribution in [2.24, 2.45) is 23.7 Å². The highest BCUT2D eigenvalue weighted by atomic mass is 28.4. The molecule has 6 aliphatic heterocycles. The number of imide groups is 1. The van der Waals surface area contributed by atoms with Crippen LogP contribution < -0.4 is 0 Å². The number of ether oxygens (including phenoxy) is 5. The van der Waals surface area contributed by atoms with Crippen LogP contribution in [0, 0.1) is 23.7 Å². The Labute approximate surface area is 552 Å². The van der Waals surface area contributed by atoms with Crippen molar-refractivity contribution in [1.29, 1.82) is 0 Å². The summed E-state index contributed by atoms with van der Waals surface area (Å²) in [5.41, 5.74) is 4.40. The summed E-state index contributed by atoms with van der Waals surface area (Å²) in [6.07, 6.45) is 10.1. The minimum atomic E-state index is -2.39. The van der Waals surface area contributed by atoms with Crippen LogP contribution in [0.3, 0.4) is 0 Å². The first kappa shape index (κ1) is 73.6. The minimum absolute atomic E-state index is 0.0111. The molecule has 0 spiro atoms. The van der Waals surface area contributed by atoms with Gasteiger partial charge >= 0.3 is 0 Å². The molecular weight excluding hydrogens is 1190 g/mol. The van der Waals surface area contributed by atoms with Gasteiger partial charge in [0.1, 0.15) is 11.9 Å². The number of amides is 2. The van der Waals surface area contributed by atoms with Gasteiger partial charge in [0.2, 0.25) is 0 Å². The van der Waals surface area contributed by atoms with E-state index >= 15 is 0 Å². The predicted octanol–water partition coefficient (Wildman–Crippen LogP) is 16.4. The lowest BCUT2D eigenvalue weighted by Gasteiger charge is -2.54. The van der Waals surface area contributed by atoms with Gasteiger partial charge in [0.15, 0.2) is 25.0 Å². The highest BCUT2D eigenvalue weighted by Gasteiger charge is 2.55. The van der Waals surface area contributed by atoms with Gasteiger partial charge in [0.25, 0.3) is 11.8 Å². The van der Waals surface area contributed by atoms with Crippen molar-refractivity contribution in [2.75, 3.05) is 6.54 Å². The number of nitrogens with zero attached hydrogens (tertiary/aromatic N) is 1. The maximum absolute atomic E-state index is 13.8. The number of carbonyl (C=O) groups excluding carboxylic acids is 3. The number of benzene rings is 2. The molecule has 0 aliphatic carbocycles. The van der Waals surface area contributed by atoms with Crippen LogP contribution in [-0.2, 0) is 48.2 Å². The van der Waals surface area contributed by atoms with E-state index in [0.717, 1.165) is 62.5 Å². The molecular formula is C75H119NO12Si3. The Hall–Kier alpha value is -3.24. The molecule has 5 unspecified atom stereocenters. The molecule has 2 amide bonds. The summed E-state index contributed by atoms with van der Waals surface area (Å²) in [5, 5.41) is 11.6. The van der Waals surface area contributed by atoms with Gasteiger partial charge in [-0.2, -0.15) is 0 Å². The average molecular weight is 1310 g/mol. The molecule has 13 nitrogen and oxygen atoms in total. The molecule has 8 rings (SSSR count). The lowest BCUT2D eigenvalue weighted by molar-refractivity contribution is -0.251. The second-order valence-electron chi connectivity index (χ2n) is 33.1. The van der Waals surface area contributed by atoms with Crippen LogP contribution in [0.5, 0.6) is 0 Å². The van der Waals surface area contributed by atoms with E-state index in [1.54, 1.807) is 19.1 Å². The smallest absolute Gasteiger partial charge is 0.261 e. The number of rotatable bonds is 26. The van der Waals surface area contributed by atoms with Gasteiger partial charge in [-0.15, -0.1) is 0 Å². The maximum Gasteiger partial charge on any atom is 0.261 e. The summed E-state index contributed by atoms with van der Waals surface area (Å²) in [4.78, 5) is 41.3. The molecule has 91 heavy (non-hydrogen) atoms. The fraction of sp³-hybridized carbons (Fsp3) is 0.720. The molecule has 0 saturated carbocycles. The third-order valence-electron chi connectivity index (χ3n) is 23.0. The zero-order valence-electron chi connectivity index (χ0n) is 59.4. The Balaban J connectivity index is 0.912. The lowest BCUT2D eigenvalue weighted by atomic mass is 9.79. The lowest BCUT2D eigenvalue weighted by Crippen LogP contribution is -2.64. The number of ketones is 1. The van der Waals surface area contributed by atoms with Gasteiger partial charge < -0.3 is 42.1 Å². The van der Waals surface area contributed by atoms with Crippen molar-refractivity contribution >= 4 is 42.5 Å². The molecule has 6 heterocycles. The van der Waals surface area contributed by atoms with Crippen molar-refractivity contribution in [3.8, 4) is 0 Å². The third kappa shape index (κ3) is 17.9. The molecule has 2 aromatic rings. The number of aliphatic hydroxyl groups excluding tert-OH is 1. The molecule has 0 radical (unpaired) electrons. The fourth-order valence-corrected chi connectivity index (χ4v) is 18.1. The third-order valence-corrected chi connectivity index (χ3v) is 36.5. The summed E-state index contributed by atoms with van der Waals surface area (Å²) in [5.74, 6) is 0.254. The molecule has 0 bridgehead atoms. The van der Waals surface area contributed by atoms with E-state index < -0.39 is 49.4 Å². The van der Waals surface area contributed by atoms with Crippen molar-refractivity contribution in [3.05, 3.63) is 108 Å². The number of Topliss-reactive ketones (excluding diaryl/α,β-unsaturated/α-hetero) is 1. The first-order valence-electron chi connectivity index (χ1n) is 34.9. The van der Waals surface area contributed by atoms with E-state index in [1.807, 2.05) is 18.2 Å². The minimum Gasteiger partial charge on any atom is -0.412 e. The Bertz CT molecular complexity index is 2820. The van der Waals surface area contributed by atoms with Crippen LogP contribution in [0.1, 0.15) is 193 Å². The van der Waals surface area contributed by atoms with Crippen LogP contribution in [0.15, 0.2) is 91.1 Å². The largest absolute Gasteiger partial charge is 0.412 e. The van der Waals surface area contributed by atoms with E-state index in [0.29, 0.717) is 43.2 Å². The summed E-state index contributed by atoms with van der Waals surface area (Å²) < 4.78 is 57.1. The monoisotopic (exact) mass is 1310 g/mol. The van der Waals surface area contributed by atoms with E-state index in [2.05, 4.69) is 172 Å². The Morgan fingerprint density at radius 1 is 0.692 bits per heavy atom. The number of hydrogen-bond acceptors (Lipinski definition) is 12. The molecule has 16 heteroatoms. The van der Waals surface area contributed by atoms with Crippen LogP contribution in [0.4, 0.5) is 0 Å². The van der Waals surface area contributed by atoms with Crippen LogP contribution in [0.25, 0.3) is 0 Å². The summed E-state index contributed by atoms with van der Waals surface area (Å²) in [7, 11) is -7.10. The van der Waals surface area contributed by atoms with Crippen molar-refractivity contribution in [2.45, 2.75) is 313 Å². The topological polar surface area (TPSA) is 149 Å². The quantitative estimate of drug-likeness (QED) is 0.0543. The number of fused-ring (bicyclic) bond motifs is 2. The normalized spacial score (nSPS) is 31.5. The summed E-state index contributed by atoms with van der Waals surface area (Å²) in [6.45, 7) is 51.7. The summed E-state index contributed by atoms with van der Waals surface area (Å²) in [6, 6.07) is 17.8. The standard InChI is InChI=1S/C75H119NO12Si3/c1-47-41-56(82-66(50(47)4)45-67-59(37-31-53-27-23-22-24-28-53)51(5)65(84-67)44-58(86-89(16,17)73(7,8)9)46-76-71(79)60-29-25-26-30-61(60)72(76)80)35-39-62-48(2)42-55(81-62)34-32-54(78)33-38-64(87-90(18,19)74(10,11)12)70-69(88-91(20,21)75(13,14)15)52(6)68-63(85-70)40-36-57(83-68)43-49(3)77/h22-30,33,38,47,51-52,54-59,62-70,78H,2,4,31-32,34-37,39-46H2,1,3,5-21H3/b38-33+/t47-,51-,52+,54?,55+,56+,57-,58+,59?,62?,63+,64+,65-,66?,67+,68-,69+,70?/m1/s1. The zero-order valence-corrected chi connectivity index (χ0v) is 62.4. The van der Waals surface area contributed by atoms with Crippen molar-refractivity contribution in [3.63, 3.8) is 0 Å². The molecule has 508 valence electrons. The van der Waals surface area contributed by atoms with Crippen LogP contribution in [0.2, 0.25) is 54.4 Å². The Kier molecular flexibility index (Phi) is 24.0. The van der Waals surface area contributed by atoms with Crippen LogP contribution >= 0.6 is 0 Å². The van der Waals surface area contributed by atoms with E-state index in [1.165, 1.54) is 10.5 Å². The first-order valence-corrected chi connectivity index (χ1v) is 43.6. The van der Waals surface area contributed by atoms with Crippen molar-refractivity contribution in [1.82, 2.24) is 4.90 Å². The van der Waals surface area contributed by atoms with E-state index in [-0.39, 0.29) is 124 Å². The summed E-state index contributed by atoms with van der Waals surface area (Å²) >= 11 is 0. The van der Waals surface area contributed by atoms with Gasteiger partial charge in [0, 0.05) is 25.2 Å². The van der Waals surface area contributed by atoms with Crippen molar-refractivity contribution < 1.29 is 56.5 Å². The van der Waals surface area contributed by atoms with Gasteiger partial charge in [-0.25, -0.2) is 0 Å². The van der Waals surface area contributed by atoms with E-state index in [9.17, 15) is 19.5 Å². The second-order valence-corrected chi connectivity index (χ2v) is 47.3. The average Bonchev–Trinajstić information content (AvgIpc) is 0.956. The van der Waals surface area contributed by atoms with Gasteiger partial charge in [0.05, 0.1) is 97.0 Å². The molecule has 5 fully saturated rings. The molecule has 0 aromatic heterocycles. The number of aliphatic hydroxyl groups is 1. The Morgan fingerprint density at radius 2 is 1.30 bits per heavy atom. The second kappa shape index (κ2) is 29.6. The number of aryl methyl sites for hydroxylation is 1. The van der Waals surface area contributed by atoms with E-state index in [4.69, 9.17) is 37.0 Å². The Morgan fingerprint density at radius 3 is 1.91 bits per heavy atom. The fourth-order valence-electron chi connectivity index (χ4n) is 14.1. The van der Waals surface area contributed by atoms with Crippen LogP contribution in [-0.4, -0.2) is 145 Å². The molecule has 18 atom stereocenters. The molecule has 6 aliphatic rings. The SMILES string of the molecule is C=C1C[C@H](CCC(O)/C=C/[C@H](O[Si](C)(C)C(C)(C)C)C2O[C@H]3CC[C@H](CC(C)=O)O[C@@H]3[C@H](C)[C@@H]2O[Si](C)(C)C(C)(C)C)OC1CC[C@H]1C[C@@H](C)C(=C)C(C[C@@H]2O[C@H](C[C@@H](CN3C(=O)c4ccccc4C3=O)O[Si](C)(C)C(C)(C)C)[C@H](C)C2CCc2ccccc2)O1. The maximum atomic E-state index is 13.8. The first-order chi connectivity index (χ1) is 42.3. The number of carbonyl (C=O) groups is 3. The van der Waals surface area contributed by atoms with Gasteiger partial charge in [-0.3, -0.25) is 19.3 Å². The molecule has 1 N–H and O–H groups in total. The predicted molar refractivity (Wildman–Crippen MR) is 372 cm³/mol.